The van der Waals surface area contributed by atoms with E-state index in [1.165, 1.54) is 23.3 Å². The topological polar surface area (TPSA) is 65.5 Å². The molecule has 1 fully saturated rings. The first-order chi connectivity index (χ1) is 19.4. The van der Waals surface area contributed by atoms with Crippen LogP contribution in [0, 0.1) is 0 Å². The third-order valence-electron chi connectivity index (χ3n) is 6.72. The Morgan fingerprint density at radius 3 is 2.42 bits per heavy atom. The normalized spacial score (nSPS) is 14.2. The van der Waals surface area contributed by atoms with Gasteiger partial charge >= 0.3 is 0 Å². The number of amides is 2. The van der Waals surface area contributed by atoms with Crippen molar-refractivity contribution in [3.05, 3.63) is 99.3 Å². The maximum Gasteiger partial charge on any atom is 0.255 e. The van der Waals surface area contributed by atoms with Crippen molar-refractivity contribution in [2.24, 2.45) is 0 Å². The molecule has 1 aromatic heterocycles. The lowest BCUT2D eigenvalue weighted by Crippen LogP contribution is -2.43. The van der Waals surface area contributed by atoms with Crippen molar-refractivity contribution in [1.29, 1.82) is 0 Å². The molecule has 1 aliphatic rings. The maximum atomic E-state index is 12.6. The van der Waals surface area contributed by atoms with Gasteiger partial charge in [0.05, 0.1) is 15.7 Å². The van der Waals surface area contributed by atoms with Crippen LogP contribution >= 0.6 is 46.5 Å². The van der Waals surface area contributed by atoms with Gasteiger partial charge < -0.3 is 5.32 Å². The lowest BCUT2D eigenvalue weighted by molar-refractivity contribution is -0.125. The Kier molecular flexibility index (Phi) is 9.44. The van der Waals surface area contributed by atoms with Gasteiger partial charge in [-0.3, -0.25) is 18.8 Å². The Morgan fingerprint density at radius 2 is 1.75 bits per heavy atom. The van der Waals surface area contributed by atoms with Gasteiger partial charge in [-0.1, -0.05) is 59.6 Å². The predicted octanol–water partition coefficient (Wildman–Crippen LogP) is 7.89. The summed E-state index contributed by atoms with van der Waals surface area (Å²) >= 11 is 15.2. The molecule has 1 aliphatic heterocycles. The number of halogens is 2. The number of benzene rings is 3. The molecule has 0 radical (unpaired) electrons. The van der Waals surface area contributed by atoms with E-state index in [1.54, 1.807) is 19.1 Å². The van der Waals surface area contributed by atoms with Gasteiger partial charge in [-0.25, -0.2) is 4.98 Å². The maximum absolute atomic E-state index is 12.6. The SMILES string of the molecule is CC(=O)N(Sc1nc(-c2ccc(NC(=O)c3ccccc3)cc2)cs1)C1CCN(Cc2ccc(Cl)c(Cl)c2)CC1. The zero-order chi connectivity index (χ0) is 28.1. The molecule has 40 heavy (non-hydrogen) atoms. The number of rotatable bonds is 8. The number of hydrogen-bond acceptors (Lipinski definition) is 6. The fourth-order valence-electron chi connectivity index (χ4n) is 4.64. The number of likely N-dealkylation sites (tertiary alicyclic amines) is 1. The van der Waals surface area contributed by atoms with Gasteiger partial charge in [0, 0.05) is 66.7 Å². The Balaban J connectivity index is 1.17. The Morgan fingerprint density at radius 1 is 1.02 bits per heavy atom. The number of nitrogens with one attached hydrogen (secondary N) is 1. The summed E-state index contributed by atoms with van der Waals surface area (Å²) in [6.07, 6.45) is 1.78. The average Bonchev–Trinajstić information content (AvgIpc) is 3.44. The highest BCUT2D eigenvalue weighted by Gasteiger charge is 2.28. The summed E-state index contributed by atoms with van der Waals surface area (Å²) in [5.74, 6) is -0.117. The minimum atomic E-state index is -0.148. The zero-order valence-corrected chi connectivity index (χ0v) is 25.0. The molecule has 1 saturated heterocycles. The number of carbonyl (C=O) groups excluding carboxylic acids is 2. The fourth-order valence-corrected chi connectivity index (χ4v) is 6.86. The van der Waals surface area contributed by atoms with Crippen LogP contribution in [0.1, 0.15) is 35.7 Å². The Bertz CT molecular complexity index is 1470. The minimum Gasteiger partial charge on any atom is -0.322 e. The molecular formula is C30H28Cl2N4O2S2. The molecular weight excluding hydrogens is 583 g/mol. The van der Waals surface area contributed by atoms with Crippen molar-refractivity contribution in [3.63, 3.8) is 0 Å². The van der Waals surface area contributed by atoms with E-state index in [0.29, 0.717) is 15.6 Å². The molecule has 5 rings (SSSR count). The van der Waals surface area contributed by atoms with Crippen molar-refractivity contribution in [2.45, 2.75) is 36.7 Å². The molecule has 0 saturated carbocycles. The largest absolute Gasteiger partial charge is 0.322 e. The zero-order valence-electron chi connectivity index (χ0n) is 21.8. The molecule has 2 heterocycles. The molecule has 0 bridgehead atoms. The summed E-state index contributed by atoms with van der Waals surface area (Å²) in [6.45, 7) is 4.21. The first kappa shape index (κ1) is 28.6. The molecule has 2 amide bonds. The molecule has 6 nitrogen and oxygen atoms in total. The van der Waals surface area contributed by atoms with Gasteiger partial charge in [-0.2, -0.15) is 0 Å². The van der Waals surface area contributed by atoms with E-state index in [9.17, 15) is 9.59 Å². The predicted molar refractivity (Wildman–Crippen MR) is 165 cm³/mol. The molecule has 0 aliphatic carbocycles. The standard InChI is InChI=1S/C30H28Cl2N4O2S2/c1-20(37)36(25-13-15-35(16-14-25)18-21-7-12-26(31)27(32)17-21)40-30-34-28(19-39-30)22-8-10-24(11-9-22)33-29(38)23-5-3-2-4-6-23/h2-12,17,19,25H,13-16,18H2,1H3,(H,33,38). The van der Waals surface area contributed by atoms with Crippen LogP contribution in [0.2, 0.25) is 10.0 Å². The molecule has 10 heteroatoms. The van der Waals surface area contributed by atoms with Gasteiger partial charge in [0.15, 0.2) is 4.34 Å². The van der Waals surface area contributed by atoms with E-state index in [1.807, 2.05) is 70.3 Å². The first-order valence-corrected chi connectivity index (χ1v) is 15.3. The van der Waals surface area contributed by atoms with Gasteiger partial charge in [-0.15, -0.1) is 11.3 Å². The van der Waals surface area contributed by atoms with Gasteiger partial charge in [-0.05, 0) is 54.8 Å². The summed E-state index contributed by atoms with van der Waals surface area (Å²) in [7, 11) is 0. The number of piperidine rings is 1. The number of thiazole rings is 1. The molecule has 0 unspecified atom stereocenters. The lowest BCUT2D eigenvalue weighted by atomic mass is 10.0. The number of carbonyl (C=O) groups is 2. The second-order valence-corrected chi connectivity index (χ2v) is 12.5. The van der Waals surface area contributed by atoms with Crippen LogP contribution in [-0.2, 0) is 11.3 Å². The number of anilines is 1. The third kappa shape index (κ3) is 7.25. The second-order valence-electron chi connectivity index (χ2n) is 9.59. The highest BCUT2D eigenvalue weighted by atomic mass is 35.5. The van der Waals surface area contributed by atoms with Crippen LogP contribution in [0.15, 0.2) is 82.5 Å². The molecule has 3 aromatic carbocycles. The molecule has 0 atom stereocenters. The van der Waals surface area contributed by atoms with E-state index in [-0.39, 0.29) is 17.9 Å². The lowest BCUT2D eigenvalue weighted by Gasteiger charge is -2.37. The molecule has 1 N–H and O–H groups in total. The van der Waals surface area contributed by atoms with Crippen LogP contribution < -0.4 is 5.32 Å². The van der Waals surface area contributed by atoms with Crippen molar-refractivity contribution >= 4 is 64.0 Å². The van der Waals surface area contributed by atoms with Crippen LogP contribution in [0.4, 0.5) is 5.69 Å². The van der Waals surface area contributed by atoms with Crippen molar-refractivity contribution in [3.8, 4) is 11.3 Å². The van der Waals surface area contributed by atoms with Crippen LogP contribution in [0.5, 0.6) is 0 Å². The van der Waals surface area contributed by atoms with E-state index in [0.717, 1.165) is 59.3 Å². The first-order valence-electron chi connectivity index (χ1n) is 12.9. The van der Waals surface area contributed by atoms with Gasteiger partial charge in [0.1, 0.15) is 0 Å². The van der Waals surface area contributed by atoms with Crippen molar-refractivity contribution in [2.75, 3.05) is 18.4 Å². The van der Waals surface area contributed by atoms with Crippen LogP contribution in [-0.4, -0.2) is 45.1 Å². The monoisotopic (exact) mass is 610 g/mol. The highest BCUT2D eigenvalue weighted by Crippen LogP contribution is 2.34. The Labute approximate surface area is 252 Å². The van der Waals surface area contributed by atoms with Crippen LogP contribution in [0.3, 0.4) is 0 Å². The molecule has 4 aromatic rings. The Hall–Kier alpha value is -2.88. The average molecular weight is 612 g/mol. The highest BCUT2D eigenvalue weighted by molar-refractivity contribution is 7.99. The van der Waals surface area contributed by atoms with Crippen molar-refractivity contribution < 1.29 is 9.59 Å². The number of nitrogens with zero attached hydrogens (tertiary/aromatic N) is 3. The summed E-state index contributed by atoms with van der Waals surface area (Å²) in [5, 5.41) is 6.05. The second kappa shape index (κ2) is 13.2. The summed E-state index contributed by atoms with van der Waals surface area (Å²) in [6, 6.07) is 22.6. The smallest absolute Gasteiger partial charge is 0.255 e. The quantitative estimate of drug-likeness (QED) is 0.205. The summed E-state index contributed by atoms with van der Waals surface area (Å²) in [5.41, 5.74) is 4.25. The number of hydrogen-bond donors (Lipinski definition) is 1. The summed E-state index contributed by atoms with van der Waals surface area (Å²) in [4.78, 5) is 32.2. The number of aromatic nitrogens is 1. The van der Waals surface area contributed by atoms with Gasteiger partial charge in [0.25, 0.3) is 5.91 Å². The van der Waals surface area contributed by atoms with E-state index >= 15 is 0 Å². The van der Waals surface area contributed by atoms with Crippen LogP contribution in [0.25, 0.3) is 11.3 Å². The van der Waals surface area contributed by atoms with Crippen molar-refractivity contribution in [1.82, 2.24) is 14.2 Å². The van der Waals surface area contributed by atoms with E-state index < -0.39 is 0 Å². The summed E-state index contributed by atoms with van der Waals surface area (Å²) < 4.78 is 2.70. The van der Waals surface area contributed by atoms with Gasteiger partial charge in [0.2, 0.25) is 5.91 Å². The molecule has 0 spiro atoms. The fraction of sp³-hybridized carbons (Fsp3) is 0.233. The van der Waals surface area contributed by atoms with E-state index in [4.69, 9.17) is 28.2 Å². The molecule has 206 valence electrons. The van der Waals surface area contributed by atoms with E-state index in [2.05, 4.69) is 10.2 Å². The minimum absolute atomic E-state index is 0.0307. The third-order valence-corrected chi connectivity index (χ3v) is 9.61.